The number of carbonyl (C=O) groups excluding carboxylic acids is 1. The quantitative estimate of drug-likeness (QED) is 0.506. The molecule has 2 aromatic rings. The van der Waals surface area contributed by atoms with Gasteiger partial charge in [-0.25, -0.2) is 0 Å². The number of rotatable bonds is 10. The fourth-order valence-electron chi connectivity index (χ4n) is 5.01. The summed E-state index contributed by atoms with van der Waals surface area (Å²) in [5.74, 6) is 1.92. The molecule has 2 heterocycles. The van der Waals surface area contributed by atoms with E-state index < -0.39 is 0 Å². The van der Waals surface area contributed by atoms with Gasteiger partial charge in [-0.1, -0.05) is 18.2 Å². The Labute approximate surface area is 214 Å². The minimum atomic E-state index is -0.228. The van der Waals surface area contributed by atoms with Gasteiger partial charge in [-0.05, 0) is 48.2 Å². The first-order valence-electron chi connectivity index (χ1n) is 12.7. The third-order valence-corrected chi connectivity index (χ3v) is 7.01. The van der Waals surface area contributed by atoms with E-state index in [9.17, 15) is 4.79 Å². The van der Waals surface area contributed by atoms with Crippen LogP contribution in [-0.2, 0) is 20.9 Å². The van der Waals surface area contributed by atoms with Crippen LogP contribution in [0.1, 0.15) is 29.9 Å². The monoisotopic (exact) mass is 497 g/mol. The van der Waals surface area contributed by atoms with Crippen LogP contribution in [0.4, 0.5) is 5.69 Å². The Bertz CT molecular complexity index is 997. The number of nitrogens with one attached hydrogen (secondary N) is 1. The minimum absolute atomic E-state index is 0.0605. The first-order chi connectivity index (χ1) is 17.5. The van der Waals surface area contributed by atoms with Gasteiger partial charge in [0.2, 0.25) is 5.91 Å². The van der Waals surface area contributed by atoms with Gasteiger partial charge in [0.1, 0.15) is 18.1 Å². The van der Waals surface area contributed by atoms with Crippen molar-refractivity contribution >= 4 is 11.6 Å². The molecule has 36 heavy (non-hydrogen) atoms. The van der Waals surface area contributed by atoms with Crippen molar-refractivity contribution in [3.8, 4) is 11.5 Å². The molecule has 0 bridgehead atoms. The van der Waals surface area contributed by atoms with Crippen molar-refractivity contribution < 1.29 is 23.7 Å². The van der Waals surface area contributed by atoms with E-state index in [1.807, 2.05) is 18.2 Å². The number of hydrogen-bond acceptors (Lipinski definition) is 7. The van der Waals surface area contributed by atoms with Crippen LogP contribution < -0.4 is 19.7 Å². The van der Waals surface area contributed by atoms with E-state index in [2.05, 4.69) is 34.5 Å². The van der Waals surface area contributed by atoms with E-state index in [0.717, 1.165) is 54.4 Å². The topological polar surface area (TPSA) is 72.5 Å². The maximum atomic E-state index is 12.7. The Morgan fingerprint density at radius 3 is 2.69 bits per heavy atom. The second kappa shape index (κ2) is 12.4. The summed E-state index contributed by atoms with van der Waals surface area (Å²) in [6, 6.07) is 14.2. The molecule has 0 aliphatic carbocycles. The lowest BCUT2D eigenvalue weighted by Gasteiger charge is -2.37. The summed E-state index contributed by atoms with van der Waals surface area (Å²) >= 11 is 0. The number of piperidine rings is 1. The maximum Gasteiger partial charge on any atom is 0.239 e. The number of likely N-dealkylation sites (N-methyl/N-ethyl adjacent to an activating group) is 1. The minimum Gasteiger partial charge on any atom is -0.497 e. The Morgan fingerprint density at radius 2 is 1.97 bits per heavy atom. The number of fused-ring (bicyclic) bond motifs is 1. The number of anilines is 1. The first-order valence-corrected chi connectivity index (χ1v) is 12.7. The highest BCUT2D eigenvalue weighted by Crippen LogP contribution is 2.35. The van der Waals surface area contributed by atoms with Crippen LogP contribution in [0, 0.1) is 0 Å². The van der Waals surface area contributed by atoms with Crippen molar-refractivity contribution in [2.75, 3.05) is 66.1 Å². The molecular weight excluding hydrogens is 458 g/mol. The first kappa shape index (κ1) is 26.3. The molecule has 8 heteroatoms. The molecule has 0 spiro atoms. The Morgan fingerprint density at radius 1 is 1.17 bits per heavy atom. The van der Waals surface area contributed by atoms with Crippen molar-refractivity contribution in [2.45, 2.75) is 37.5 Å². The second-order valence-electron chi connectivity index (χ2n) is 9.64. The van der Waals surface area contributed by atoms with Gasteiger partial charge in [-0.2, -0.15) is 0 Å². The summed E-state index contributed by atoms with van der Waals surface area (Å²) in [5.41, 5.74) is 3.38. The average molecular weight is 498 g/mol. The van der Waals surface area contributed by atoms with E-state index >= 15 is 0 Å². The van der Waals surface area contributed by atoms with Crippen LogP contribution in [0.5, 0.6) is 11.5 Å². The van der Waals surface area contributed by atoms with E-state index in [4.69, 9.17) is 18.9 Å². The van der Waals surface area contributed by atoms with Gasteiger partial charge < -0.3 is 34.1 Å². The molecule has 2 aromatic carbocycles. The molecule has 0 aromatic heterocycles. The van der Waals surface area contributed by atoms with Gasteiger partial charge in [0.25, 0.3) is 0 Å². The second-order valence-corrected chi connectivity index (χ2v) is 9.64. The van der Waals surface area contributed by atoms with Crippen LogP contribution in [0.3, 0.4) is 0 Å². The molecule has 0 saturated carbocycles. The Hall–Kier alpha value is -2.81. The summed E-state index contributed by atoms with van der Waals surface area (Å²) in [6.07, 6.45) is 1.59. The number of amides is 1. The molecule has 0 radical (unpaired) electrons. The molecule has 1 amide bonds. The third kappa shape index (κ3) is 6.30. The molecule has 0 unspecified atom stereocenters. The Balaban J connectivity index is 1.47. The highest BCUT2D eigenvalue weighted by molar-refractivity contribution is 5.81. The van der Waals surface area contributed by atoms with E-state index in [-0.39, 0.29) is 24.0 Å². The van der Waals surface area contributed by atoms with Crippen LogP contribution in [0.2, 0.25) is 0 Å². The van der Waals surface area contributed by atoms with Crippen molar-refractivity contribution in [3.05, 3.63) is 53.6 Å². The van der Waals surface area contributed by atoms with Crippen LogP contribution >= 0.6 is 0 Å². The largest absolute Gasteiger partial charge is 0.497 e. The van der Waals surface area contributed by atoms with E-state index in [1.165, 1.54) is 0 Å². The van der Waals surface area contributed by atoms with Gasteiger partial charge in [0.05, 0.1) is 38.1 Å². The molecule has 2 aliphatic rings. The smallest absolute Gasteiger partial charge is 0.239 e. The van der Waals surface area contributed by atoms with Gasteiger partial charge in [0, 0.05) is 46.8 Å². The zero-order chi connectivity index (χ0) is 25.5. The molecule has 2 aliphatic heterocycles. The number of ether oxygens (including phenoxy) is 4. The number of carbonyl (C=O) groups is 1. The highest BCUT2D eigenvalue weighted by atomic mass is 16.5. The van der Waals surface area contributed by atoms with Crippen molar-refractivity contribution in [1.82, 2.24) is 10.2 Å². The number of nitrogens with zero attached hydrogens (tertiary/aromatic N) is 2. The van der Waals surface area contributed by atoms with Gasteiger partial charge >= 0.3 is 0 Å². The van der Waals surface area contributed by atoms with Gasteiger partial charge in [-0.3, -0.25) is 4.79 Å². The zero-order valence-corrected chi connectivity index (χ0v) is 21.9. The van der Waals surface area contributed by atoms with Gasteiger partial charge in [-0.15, -0.1) is 0 Å². The summed E-state index contributed by atoms with van der Waals surface area (Å²) in [5, 5.41) is 3.41. The lowest BCUT2D eigenvalue weighted by atomic mass is 9.83. The van der Waals surface area contributed by atoms with Crippen molar-refractivity contribution in [3.63, 3.8) is 0 Å². The molecule has 1 saturated heterocycles. The molecule has 1 fully saturated rings. The molecule has 4 rings (SSSR count). The lowest BCUT2D eigenvalue weighted by Crippen LogP contribution is -2.53. The SMILES string of the molecule is COCCCN1CCOc2ccc(CO[C@H]3CN[C@H](C(=O)N(C)C)C[C@@H]3c3ccc(OC)cc3)cc21. The fraction of sp³-hybridized carbons (Fsp3) is 0.536. The highest BCUT2D eigenvalue weighted by Gasteiger charge is 2.36. The lowest BCUT2D eigenvalue weighted by molar-refractivity contribution is -0.132. The fourth-order valence-corrected chi connectivity index (χ4v) is 5.01. The maximum absolute atomic E-state index is 12.7. The predicted octanol–water partition coefficient (Wildman–Crippen LogP) is 3.05. The Kier molecular flexibility index (Phi) is 9.07. The molecule has 1 N–H and O–H groups in total. The predicted molar refractivity (Wildman–Crippen MR) is 140 cm³/mol. The number of methoxy groups -OCH3 is 2. The van der Waals surface area contributed by atoms with Crippen LogP contribution in [-0.4, -0.2) is 84.1 Å². The number of benzene rings is 2. The molecule has 3 atom stereocenters. The number of hydrogen-bond donors (Lipinski definition) is 1. The standard InChI is InChI=1S/C28H39N3O5/c1-30(2)28(32)24-17-23(21-7-9-22(34-4)10-8-21)27(18-29-24)36-19-20-6-11-26-25(16-20)31(13-15-35-26)12-5-14-33-3/h6-11,16,23-24,27,29H,5,12-15,17-19H2,1-4H3/t23-,24+,27+/m1/s1. The van der Waals surface area contributed by atoms with Gasteiger partial charge in [0.15, 0.2) is 0 Å². The summed E-state index contributed by atoms with van der Waals surface area (Å²) in [7, 11) is 7.00. The average Bonchev–Trinajstić information content (AvgIpc) is 2.91. The van der Waals surface area contributed by atoms with Crippen LogP contribution in [0.15, 0.2) is 42.5 Å². The summed E-state index contributed by atoms with van der Waals surface area (Å²) < 4.78 is 23.0. The van der Waals surface area contributed by atoms with E-state index in [0.29, 0.717) is 26.2 Å². The molecular formula is C28H39N3O5. The van der Waals surface area contributed by atoms with E-state index in [1.54, 1.807) is 33.2 Å². The summed E-state index contributed by atoms with van der Waals surface area (Å²) in [6.45, 7) is 4.34. The zero-order valence-electron chi connectivity index (χ0n) is 21.9. The third-order valence-electron chi connectivity index (χ3n) is 7.01. The molecule has 196 valence electrons. The van der Waals surface area contributed by atoms with Crippen molar-refractivity contribution in [2.24, 2.45) is 0 Å². The normalized spacial score (nSPS) is 21.4. The van der Waals surface area contributed by atoms with Crippen molar-refractivity contribution in [1.29, 1.82) is 0 Å². The van der Waals surface area contributed by atoms with Crippen LogP contribution in [0.25, 0.3) is 0 Å². The molecule has 8 nitrogen and oxygen atoms in total. The summed E-state index contributed by atoms with van der Waals surface area (Å²) in [4.78, 5) is 16.7.